The lowest BCUT2D eigenvalue weighted by Crippen LogP contribution is -2.43. The largest absolute Gasteiger partial charge is 0.385 e. The molecule has 1 atom stereocenters. The van der Waals surface area contributed by atoms with Gasteiger partial charge in [-0.3, -0.25) is 4.79 Å². The molecule has 2 N–H and O–H groups in total. The molecule has 1 aromatic rings. The Morgan fingerprint density at radius 1 is 1.35 bits per heavy atom. The number of hydrogen-bond donors (Lipinski definition) is 2. The van der Waals surface area contributed by atoms with Crippen LogP contribution in [0.25, 0.3) is 0 Å². The molecule has 0 aliphatic rings. The first kappa shape index (κ1) is 16.6. The van der Waals surface area contributed by atoms with Crippen LogP contribution in [0.4, 0.5) is 4.39 Å². The molecule has 0 spiro atoms. The first-order chi connectivity index (χ1) is 9.65. The number of methoxy groups -OCH3 is 1. The van der Waals surface area contributed by atoms with Crippen LogP contribution >= 0.6 is 0 Å². The Morgan fingerprint density at radius 3 is 2.80 bits per heavy atom. The van der Waals surface area contributed by atoms with Gasteiger partial charge >= 0.3 is 0 Å². The minimum Gasteiger partial charge on any atom is -0.385 e. The standard InChI is InChI=1S/C15H23FN2O2/c1-12(15(19)18-9-5-11-20-2)17-10-8-13-6-3-4-7-14(13)16/h3-4,6-7,12,17H,5,8-11H2,1-2H3,(H,18,19). The van der Waals surface area contributed by atoms with Crippen molar-refractivity contribution in [3.8, 4) is 0 Å². The summed E-state index contributed by atoms with van der Waals surface area (Å²) < 4.78 is 18.3. The molecule has 0 fully saturated rings. The smallest absolute Gasteiger partial charge is 0.236 e. The zero-order valence-corrected chi connectivity index (χ0v) is 12.1. The van der Waals surface area contributed by atoms with Crippen LogP contribution in [0, 0.1) is 5.82 Å². The van der Waals surface area contributed by atoms with Crippen LogP contribution in [0.15, 0.2) is 24.3 Å². The molecule has 0 aromatic heterocycles. The third kappa shape index (κ3) is 6.12. The van der Waals surface area contributed by atoms with Gasteiger partial charge in [0, 0.05) is 26.8 Å². The average molecular weight is 282 g/mol. The molecule has 5 heteroatoms. The van der Waals surface area contributed by atoms with Crippen molar-refractivity contribution in [3.63, 3.8) is 0 Å². The molecule has 1 unspecified atom stereocenters. The summed E-state index contributed by atoms with van der Waals surface area (Å²) in [5, 5.41) is 5.91. The van der Waals surface area contributed by atoms with E-state index >= 15 is 0 Å². The van der Waals surface area contributed by atoms with Gasteiger partial charge in [-0.15, -0.1) is 0 Å². The molecular weight excluding hydrogens is 259 g/mol. The fourth-order valence-corrected chi connectivity index (χ4v) is 1.80. The molecule has 0 aliphatic heterocycles. The fraction of sp³-hybridized carbons (Fsp3) is 0.533. The zero-order chi connectivity index (χ0) is 14.8. The predicted molar refractivity (Wildman–Crippen MR) is 77.1 cm³/mol. The summed E-state index contributed by atoms with van der Waals surface area (Å²) in [5.74, 6) is -0.249. The summed E-state index contributed by atoms with van der Waals surface area (Å²) in [4.78, 5) is 11.7. The predicted octanol–water partition coefficient (Wildman–Crippen LogP) is 1.50. The Morgan fingerprint density at radius 2 is 2.10 bits per heavy atom. The van der Waals surface area contributed by atoms with Crippen molar-refractivity contribution in [2.24, 2.45) is 0 Å². The van der Waals surface area contributed by atoms with Gasteiger partial charge in [0.1, 0.15) is 5.82 Å². The number of ether oxygens (including phenoxy) is 1. The highest BCUT2D eigenvalue weighted by atomic mass is 19.1. The van der Waals surface area contributed by atoms with Crippen molar-refractivity contribution in [3.05, 3.63) is 35.6 Å². The molecule has 0 bridgehead atoms. The lowest BCUT2D eigenvalue weighted by atomic mass is 10.1. The highest BCUT2D eigenvalue weighted by molar-refractivity contribution is 5.81. The van der Waals surface area contributed by atoms with Crippen molar-refractivity contribution in [1.29, 1.82) is 0 Å². The molecule has 0 radical (unpaired) electrons. The van der Waals surface area contributed by atoms with Gasteiger partial charge in [-0.2, -0.15) is 0 Å². The Bertz CT molecular complexity index is 413. The van der Waals surface area contributed by atoms with Crippen molar-refractivity contribution >= 4 is 5.91 Å². The average Bonchev–Trinajstić information content (AvgIpc) is 2.45. The summed E-state index contributed by atoms with van der Waals surface area (Å²) in [5.41, 5.74) is 0.660. The maximum absolute atomic E-state index is 13.4. The second kappa shape index (κ2) is 9.44. The van der Waals surface area contributed by atoms with Crippen molar-refractivity contribution in [2.45, 2.75) is 25.8 Å². The summed E-state index contributed by atoms with van der Waals surface area (Å²) >= 11 is 0. The molecule has 112 valence electrons. The second-order valence-corrected chi connectivity index (χ2v) is 4.65. The molecule has 1 aromatic carbocycles. The highest BCUT2D eigenvalue weighted by Gasteiger charge is 2.11. The SMILES string of the molecule is COCCCNC(=O)C(C)NCCc1ccccc1F. The first-order valence-electron chi connectivity index (χ1n) is 6.88. The van der Waals surface area contributed by atoms with Gasteiger partial charge in [0.25, 0.3) is 0 Å². The molecule has 0 saturated carbocycles. The van der Waals surface area contributed by atoms with E-state index in [-0.39, 0.29) is 17.8 Å². The first-order valence-corrected chi connectivity index (χ1v) is 6.88. The lowest BCUT2D eigenvalue weighted by molar-refractivity contribution is -0.122. The van der Waals surface area contributed by atoms with Gasteiger partial charge in [0.05, 0.1) is 6.04 Å². The van der Waals surface area contributed by atoms with E-state index in [4.69, 9.17) is 4.74 Å². The number of rotatable bonds is 9. The van der Waals surface area contributed by atoms with Crippen LogP contribution < -0.4 is 10.6 Å². The van der Waals surface area contributed by atoms with Gasteiger partial charge in [-0.25, -0.2) is 4.39 Å². The summed E-state index contributed by atoms with van der Waals surface area (Å²) in [6.45, 7) is 3.60. The Kier molecular flexibility index (Phi) is 7.84. The summed E-state index contributed by atoms with van der Waals surface area (Å²) in [7, 11) is 1.63. The van der Waals surface area contributed by atoms with E-state index in [9.17, 15) is 9.18 Å². The minimum absolute atomic E-state index is 0.0466. The second-order valence-electron chi connectivity index (χ2n) is 4.65. The molecule has 4 nitrogen and oxygen atoms in total. The number of halogens is 1. The van der Waals surface area contributed by atoms with Crippen LogP contribution in [-0.2, 0) is 16.0 Å². The monoisotopic (exact) mass is 282 g/mol. The van der Waals surface area contributed by atoms with Gasteiger partial charge in [-0.1, -0.05) is 18.2 Å². The van der Waals surface area contributed by atoms with E-state index < -0.39 is 0 Å². The van der Waals surface area contributed by atoms with E-state index in [0.717, 1.165) is 6.42 Å². The van der Waals surface area contributed by atoms with Crippen LogP contribution in [-0.4, -0.2) is 38.8 Å². The Labute approximate surface area is 119 Å². The summed E-state index contributed by atoms with van der Waals surface area (Å²) in [6.07, 6.45) is 1.36. The molecule has 0 heterocycles. The molecular formula is C15H23FN2O2. The van der Waals surface area contributed by atoms with Crippen LogP contribution in [0.1, 0.15) is 18.9 Å². The Hall–Kier alpha value is -1.46. The third-order valence-electron chi connectivity index (χ3n) is 3.02. The highest BCUT2D eigenvalue weighted by Crippen LogP contribution is 2.06. The van der Waals surface area contributed by atoms with E-state index in [0.29, 0.717) is 31.7 Å². The van der Waals surface area contributed by atoms with E-state index in [1.54, 1.807) is 26.2 Å². The summed E-state index contributed by atoms with van der Waals surface area (Å²) in [6, 6.07) is 6.39. The van der Waals surface area contributed by atoms with Crippen molar-refractivity contribution in [1.82, 2.24) is 10.6 Å². The number of carbonyl (C=O) groups is 1. The Balaban J connectivity index is 2.20. The normalized spacial score (nSPS) is 12.2. The quantitative estimate of drug-likeness (QED) is 0.675. The van der Waals surface area contributed by atoms with Crippen molar-refractivity contribution in [2.75, 3.05) is 26.8 Å². The fourth-order valence-electron chi connectivity index (χ4n) is 1.80. The minimum atomic E-state index is -0.288. The molecule has 0 saturated heterocycles. The van der Waals surface area contributed by atoms with Gasteiger partial charge in [0.2, 0.25) is 5.91 Å². The molecule has 20 heavy (non-hydrogen) atoms. The molecule has 1 amide bonds. The van der Waals surface area contributed by atoms with E-state index in [1.165, 1.54) is 6.07 Å². The third-order valence-corrected chi connectivity index (χ3v) is 3.02. The van der Waals surface area contributed by atoms with Crippen molar-refractivity contribution < 1.29 is 13.9 Å². The van der Waals surface area contributed by atoms with Gasteiger partial charge in [-0.05, 0) is 31.4 Å². The lowest BCUT2D eigenvalue weighted by Gasteiger charge is -2.14. The maximum Gasteiger partial charge on any atom is 0.236 e. The van der Waals surface area contributed by atoms with Crippen LogP contribution in [0.3, 0.4) is 0 Å². The number of nitrogens with one attached hydrogen (secondary N) is 2. The topological polar surface area (TPSA) is 50.4 Å². The molecule has 1 rings (SSSR count). The number of carbonyl (C=O) groups excluding carboxylic acids is 1. The van der Waals surface area contributed by atoms with E-state index in [1.807, 2.05) is 6.07 Å². The number of amides is 1. The van der Waals surface area contributed by atoms with Crippen LogP contribution in [0.5, 0.6) is 0 Å². The van der Waals surface area contributed by atoms with Crippen LogP contribution in [0.2, 0.25) is 0 Å². The molecule has 0 aliphatic carbocycles. The van der Waals surface area contributed by atoms with Gasteiger partial charge in [0.15, 0.2) is 0 Å². The number of hydrogen-bond acceptors (Lipinski definition) is 3. The number of benzene rings is 1. The van der Waals surface area contributed by atoms with E-state index in [2.05, 4.69) is 10.6 Å². The van der Waals surface area contributed by atoms with Gasteiger partial charge < -0.3 is 15.4 Å². The zero-order valence-electron chi connectivity index (χ0n) is 12.1. The maximum atomic E-state index is 13.4.